The zero-order valence-electron chi connectivity index (χ0n) is 17.0. The second-order valence-electron chi connectivity index (χ2n) is 7.62. The first-order valence-corrected chi connectivity index (χ1v) is 11.8. The number of hydrogen-bond donors (Lipinski definition) is 1. The fourth-order valence-corrected chi connectivity index (χ4v) is 5.19. The van der Waals surface area contributed by atoms with E-state index in [9.17, 15) is 14.4 Å². The molecule has 9 heteroatoms. The minimum absolute atomic E-state index is 0.177. The van der Waals surface area contributed by atoms with E-state index in [1.165, 1.54) is 4.90 Å². The summed E-state index contributed by atoms with van der Waals surface area (Å²) in [5, 5.41) is 8.25. The third-order valence-electron chi connectivity index (χ3n) is 5.53. The summed E-state index contributed by atoms with van der Waals surface area (Å²) in [6.45, 7) is 0.196. The molecule has 0 radical (unpaired) electrons. The van der Waals surface area contributed by atoms with E-state index in [1.54, 1.807) is 52.8 Å². The number of rotatable bonds is 6. The Morgan fingerprint density at radius 2 is 1.81 bits per heavy atom. The van der Waals surface area contributed by atoms with Crippen LogP contribution < -0.4 is 5.32 Å². The van der Waals surface area contributed by atoms with Crippen molar-refractivity contribution >= 4 is 46.9 Å². The molecule has 0 saturated heterocycles. The molecule has 0 saturated carbocycles. The summed E-state index contributed by atoms with van der Waals surface area (Å²) in [6.07, 6.45) is 0.551. The molecule has 0 spiro atoms. The van der Waals surface area contributed by atoms with E-state index >= 15 is 0 Å². The predicted octanol–water partition coefficient (Wildman–Crippen LogP) is 4.29. The second kappa shape index (κ2) is 8.44. The number of amides is 3. The summed E-state index contributed by atoms with van der Waals surface area (Å²) in [6, 6.07) is 14.1. The average Bonchev–Trinajstić information content (AvgIpc) is 3.44. The quantitative estimate of drug-likeness (QED) is 0.548. The molecule has 1 N–H and O–H groups in total. The maximum absolute atomic E-state index is 12.7. The fraction of sp³-hybridized carbons (Fsp3) is 0.217. The maximum Gasteiger partial charge on any atom is 0.261 e. The van der Waals surface area contributed by atoms with Gasteiger partial charge in [0.2, 0.25) is 5.91 Å². The number of hydrogen-bond acceptors (Lipinski definition) is 5. The molecule has 7 nitrogen and oxygen atoms in total. The fourth-order valence-electron chi connectivity index (χ4n) is 3.97. The summed E-state index contributed by atoms with van der Waals surface area (Å²) in [7, 11) is 0. The standard InChI is InChI=1S/C23H19ClN4O3S/c24-14-5-3-6-15(11-14)28-21(18-12-32-13-19(18)26-28)25-20(29)9-4-10-27-22(30)16-7-1-2-8-17(16)23(27)31/h1-3,5-8,11H,4,9-10,12-13H2,(H,25,29). The molecule has 3 aromatic rings. The topological polar surface area (TPSA) is 84.3 Å². The zero-order chi connectivity index (χ0) is 22.2. The highest BCUT2D eigenvalue weighted by Gasteiger charge is 2.34. The number of nitrogens with zero attached hydrogens (tertiary/aromatic N) is 3. The Bertz CT molecular complexity index is 1220. The van der Waals surface area contributed by atoms with Crippen LogP contribution in [0.15, 0.2) is 48.5 Å². The highest BCUT2D eigenvalue weighted by Crippen LogP contribution is 2.36. The summed E-state index contributed by atoms with van der Waals surface area (Å²) in [4.78, 5) is 38.9. The summed E-state index contributed by atoms with van der Waals surface area (Å²) >= 11 is 7.90. The lowest BCUT2D eigenvalue weighted by atomic mass is 10.1. The van der Waals surface area contributed by atoms with Gasteiger partial charge in [0, 0.05) is 35.1 Å². The minimum atomic E-state index is -0.306. The molecule has 3 heterocycles. The Morgan fingerprint density at radius 3 is 2.53 bits per heavy atom. The predicted molar refractivity (Wildman–Crippen MR) is 123 cm³/mol. The maximum atomic E-state index is 12.7. The number of aromatic nitrogens is 2. The van der Waals surface area contributed by atoms with Gasteiger partial charge in [-0.1, -0.05) is 29.8 Å². The van der Waals surface area contributed by atoms with Crippen molar-refractivity contribution in [2.75, 3.05) is 11.9 Å². The summed E-state index contributed by atoms with van der Waals surface area (Å²) in [5.74, 6) is 1.42. The third-order valence-corrected chi connectivity index (χ3v) is 6.73. The van der Waals surface area contributed by atoms with Gasteiger partial charge in [0.1, 0.15) is 5.82 Å². The van der Waals surface area contributed by atoms with E-state index in [0.717, 1.165) is 28.5 Å². The Morgan fingerprint density at radius 1 is 1.06 bits per heavy atom. The molecule has 3 amide bonds. The average molecular weight is 467 g/mol. The minimum Gasteiger partial charge on any atom is -0.310 e. The summed E-state index contributed by atoms with van der Waals surface area (Å²) < 4.78 is 1.72. The van der Waals surface area contributed by atoms with Crippen LogP contribution in [0.25, 0.3) is 5.69 Å². The zero-order valence-corrected chi connectivity index (χ0v) is 18.6. The lowest BCUT2D eigenvalue weighted by Gasteiger charge is -2.14. The van der Waals surface area contributed by atoms with Crippen LogP contribution in [0.2, 0.25) is 5.02 Å². The van der Waals surface area contributed by atoms with Crippen molar-refractivity contribution in [3.63, 3.8) is 0 Å². The number of imide groups is 1. The molecule has 162 valence electrons. The number of benzene rings is 2. The molecule has 0 aliphatic carbocycles. The van der Waals surface area contributed by atoms with E-state index in [0.29, 0.717) is 28.4 Å². The number of nitrogens with one attached hydrogen (secondary N) is 1. The SMILES string of the molecule is O=C(CCCN1C(=O)c2ccccc2C1=O)Nc1c2c(nn1-c1cccc(Cl)c1)CSC2. The molecule has 2 aromatic carbocycles. The molecule has 0 bridgehead atoms. The van der Waals surface area contributed by atoms with Crippen molar-refractivity contribution in [1.82, 2.24) is 14.7 Å². The largest absolute Gasteiger partial charge is 0.310 e. The molecular formula is C23H19ClN4O3S. The monoisotopic (exact) mass is 466 g/mol. The van der Waals surface area contributed by atoms with Crippen LogP contribution in [-0.2, 0) is 16.3 Å². The van der Waals surface area contributed by atoms with Crippen molar-refractivity contribution in [3.05, 3.63) is 75.9 Å². The number of anilines is 1. The number of carbonyl (C=O) groups excluding carboxylic acids is 3. The molecule has 0 unspecified atom stereocenters. The van der Waals surface area contributed by atoms with E-state index in [1.807, 2.05) is 12.1 Å². The van der Waals surface area contributed by atoms with Gasteiger partial charge in [0.15, 0.2) is 0 Å². The van der Waals surface area contributed by atoms with Crippen LogP contribution in [-0.4, -0.2) is 38.9 Å². The van der Waals surface area contributed by atoms with Crippen LogP contribution in [0.5, 0.6) is 0 Å². The van der Waals surface area contributed by atoms with Gasteiger partial charge in [-0.3, -0.25) is 19.3 Å². The molecule has 2 aliphatic rings. The van der Waals surface area contributed by atoms with Gasteiger partial charge in [-0.2, -0.15) is 16.9 Å². The van der Waals surface area contributed by atoms with Crippen molar-refractivity contribution in [2.45, 2.75) is 24.3 Å². The number of thioether (sulfide) groups is 1. The molecule has 0 fully saturated rings. The van der Waals surface area contributed by atoms with Gasteiger partial charge in [-0.15, -0.1) is 0 Å². The highest BCUT2D eigenvalue weighted by atomic mass is 35.5. The first kappa shape index (κ1) is 20.8. The number of halogens is 1. The van der Waals surface area contributed by atoms with Crippen LogP contribution >= 0.6 is 23.4 Å². The number of fused-ring (bicyclic) bond motifs is 2. The molecule has 1 aromatic heterocycles. The van der Waals surface area contributed by atoms with Crippen molar-refractivity contribution < 1.29 is 14.4 Å². The Kier molecular flexibility index (Phi) is 5.48. The summed E-state index contributed by atoms with van der Waals surface area (Å²) in [5.41, 5.74) is 3.58. The van der Waals surface area contributed by atoms with E-state index < -0.39 is 0 Å². The molecule has 2 aliphatic heterocycles. The van der Waals surface area contributed by atoms with Gasteiger partial charge in [-0.05, 0) is 36.8 Å². The second-order valence-corrected chi connectivity index (χ2v) is 9.04. The normalized spacial score (nSPS) is 14.6. The molecule has 0 atom stereocenters. The van der Waals surface area contributed by atoms with E-state index in [2.05, 4.69) is 10.4 Å². The van der Waals surface area contributed by atoms with Crippen LogP contribution in [0.1, 0.15) is 44.8 Å². The molecular weight excluding hydrogens is 448 g/mol. The van der Waals surface area contributed by atoms with E-state index in [4.69, 9.17) is 11.6 Å². The van der Waals surface area contributed by atoms with Crippen LogP contribution in [0.3, 0.4) is 0 Å². The van der Waals surface area contributed by atoms with Crippen LogP contribution in [0.4, 0.5) is 5.82 Å². The first-order chi connectivity index (χ1) is 15.5. The van der Waals surface area contributed by atoms with E-state index in [-0.39, 0.29) is 30.7 Å². The van der Waals surface area contributed by atoms with Gasteiger partial charge < -0.3 is 5.32 Å². The molecule has 32 heavy (non-hydrogen) atoms. The lowest BCUT2D eigenvalue weighted by Crippen LogP contribution is -2.31. The highest BCUT2D eigenvalue weighted by molar-refractivity contribution is 7.98. The van der Waals surface area contributed by atoms with Gasteiger partial charge in [0.05, 0.1) is 22.5 Å². The van der Waals surface area contributed by atoms with Crippen molar-refractivity contribution in [3.8, 4) is 5.69 Å². The lowest BCUT2D eigenvalue weighted by molar-refractivity contribution is -0.116. The third kappa shape index (κ3) is 3.69. The number of carbonyl (C=O) groups is 3. The molecule has 5 rings (SSSR count). The van der Waals surface area contributed by atoms with Crippen molar-refractivity contribution in [2.24, 2.45) is 0 Å². The first-order valence-electron chi connectivity index (χ1n) is 10.2. The van der Waals surface area contributed by atoms with Gasteiger partial charge >= 0.3 is 0 Å². The van der Waals surface area contributed by atoms with Crippen molar-refractivity contribution in [1.29, 1.82) is 0 Å². The Hall–Kier alpha value is -3.10. The van der Waals surface area contributed by atoms with Gasteiger partial charge in [0.25, 0.3) is 11.8 Å². The smallest absolute Gasteiger partial charge is 0.261 e. The Balaban J connectivity index is 1.27. The van der Waals surface area contributed by atoms with Crippen LogP contribution in [0, 0.1) is 0 Å². The Labute approximate surface area is 193 Å². The van der Waals surface area contributed by atoms with Gasteiger partial charge in [-0.25, -0.2) is 4.68 Å².